The Hall–Kier alpha value is -1.18. The number of epoxide rings is 3. The summed E-state index contributed by atoms with van der Waals surface area (Å²) in [5.41, 5.74) is 0.790. The monoisotopic (exact) mass is 577 g/mol. The fourth-order valence-corrected chi connectivity index (χ4v) is 6.73. The molecule has 3 aliphatic heterocycles. The number of nitrogens with zero attached hydrogens (tertiary/aromatic N) is 4. The van der Waals surface area contributed by atoms with E-state index in [1.165, 1.54) is 38.5 Å². The number of hydroxylamine groups is 8. The summed E-state index contributed by atoms with van der Waals surface area (Å²) in [5.74, 6) is 1.33. The number of quaternary nitrogens is 3. The van der Waals surface area contributed by atoms with Crippen LogP contribution in [-0.4, -0.2) is 106 Å². The van der Waals surface area contributed by atoms with Crippen LogP contribution in [0.15, 0.2) is 30.3 Å². The van der Waals surface area contributed by atoms with Gasteiger partial charge >= 0.3 is 0 Å². The van der Waals surface area contributed by atoms with E-state index in [1.54, 1.807) is 0 Å². The molecular formula is C31H53N4O6+3. The summed E-state index contributed by atoms with van der Waals surface area (Å²) in [6, 6.07) is 10.1. The lowest BCUT2D eigenvalue weighted by atomic mass is 9.87. The lowest BCUT2D eigenvalue weighted by molar-refractivity contribution is -1.19. The number of hydrogen-bond acceptors (Lipinski definition) is 7. The molecule has 5 fully saturated rings. The average molecular weight is 578 g/mol. The zero-order valence-electron chi connectivity index (χ0n) is 25.9. The van der Waals surface area contributed by atoms with Gasteiger partial charge in [0.2, 0.25) is 0 Å². The Balaban J connectivity index is 1.18. The van der Waals surface area contributed by atoms with Gasteiger partial charge in [0, 0.05) is 38.6 Å². The summed E-state index contributed by atoms with van der Waals surface area (Å²) in [6.45, 7) is 3.23. The molecule has 6 rings (SSSR count). The molecule has 10 nitrogen and oxygen atoms in total. The molecule has 0 bridgehead atoms. The normalized spacial score (nSPS) is 34.0. The maximum atomic E-state index is 6.98. The van der Waals surface area contributed by atoms with Crippen LogP contribution < -0.4 is 4.97 Å². The van der Waals surface area contributed by atoms with E-state index >= 15 is 0 Å². The van der Waals surface area contributed by atoms with Crippen LogP contribution in [0.5, 0.6) is 0 Å². The molecule has 1 aromatic carbocycles. The fraction of sp³-hybridized carbons (Fsp3) is 0.806. The molecule has 7 unspecified atom stereocenters. The van der Waals surface area contributed by atoms with Crippen LogP contribution in [0.3, 0.4) is 0 Å². The van der Waals surface area contributed by atoms with E-state index in [0.717, 1.165) is 44.6 Å². The van der Waals surface area contributed by atoms with E-state index in [0.29, 0.717) is 58.2 Å². The Morgan fingerprint density at radius 2 is 1.29 bits per heavy atom. The largest absolute Gasteiger partial charge is 0.373 e. The predicted octanol–water partition coefficient (Wildman–Crippen LogP) is 4.32. The SMILES string of the molecule is CN(CCC1CO1)O[N+](O[N+](C)(C)CCC1CCC2OC2C1)(O[N+](C)(C)CCC1CCC2OC2C1)c1ccccc1. The molecule has 3 saturated heterocycles. The highest BCUT2D eigenvalue weighted by Gasteiger charge is 2.56. The zero-order chi connectivity index (χ0) is 28.7. The summed E-state index contributed by atoms with van der Waals surface area (Å²) in [5, 5.41) is 1.84. The summed E-state index contributed by atoms with van der Waals surface area (Å²) >= 11 is 0. The Labute approximate surface area is 246 Å². The lowest BCUT2D eigenvalue weighted by Crippen LogP contribution is -2.65. The van der Waals surface area contributed by atoms with Crippen molar-refractivity contribution in [3.8, 4) is 0 Å². The van der Waals surface area contributed by atoms with Crippen molar-refractivity contribution in [1.29, 1.82) is 0 Å². The molecule has 1 aromatic rings. The molecule has 0 N–H and O–H groups in total. The minimum Gasteiger partial charge on any atom is -0.373 e. The van der Waals surface area contributed by atoms with Gasteiger partial charge in [-0.25, -0.2) is 0 Å². The number of hydrogen-bond donors (Lipinski definition) is 0. The van der Waals surface area contributed by atoms with Crippen LogP contribution in [0, 0.1) is 11.8 Å². The van der Waals surface area contributed by atoms with Crippen molar-refractivity contribution in [2.24, 2.45) is 11.8 Å². The van der Waals surface area contributed by atoms with E-state index < -0.39 is 4.97 Å². The van der Waals surface area contributed by atoms with Crippen molar-refractivity contribution in [2.75, 3.05) is 61.5 Å². The van der Waals surface area contributed by atoms with Crippen LogP contribution in [0.2, 0.25) is 0 Å². The summed E-state index contributed by atoms with van der Waals surface area (Å²) in [6.07, 6.45) is 12.6. The molecule has 5 aliphatic rings. The van der Waals surface area contributed by atoms with E-state index in [1.807, 2.05) is 42.4 Å². The third kappa shape index (κ3) is 8.26. The third-order valence-electron chi connectivity index (χ3n) is 9.52. The zero-order valence-corrected chi connectivity index (χ0v) is 25.9. The van der Waals surface area contributed by atoms with E-state index in [9.17, 15) is 0 Å². The van der Waals surface area contributed by atoms with Gasteiger partial charge in [0.15, 0.2) is 0 Å². The number of benzene rings is 1. The number of fused-ring (bicyclic) bond motifs is 2. The molecule has 0 aromatic heterocycles. The summed E-state index contributed by atoms with van der Waals surface area (Å²) in [7, 11) is 10.4. The molecule has 10 heteroatoms. The Morgan fingerprint density at radius 3 is 1.78 bits per heavy atom. The highest BCUT2D eigenvalue weighted by molar-refractivity contribution is 5.36. The second-order valence-electron chi connectivity index (χ2n) is 14.1. The van der Waals surface area contributed by atoms with Crippen LogP contribution in [0.4, 0.5) is 5.69 Å². The van der Waals surface area contributed by atoms with Gasteiger partial charge < -0.3 is 14.2 Å². The van der Waals surface area contributed by atoms with Crippen molar-refractivity contribution in [1.82, 2.24) is 10.0 Å². The molecular weight excluding hydrogens is 524 g/mol. The maximum absolute atomic E-state index is 6.98. The Bertz CT molecular complexity index is 962. The summed E-state index contributed by atoms with van der Waals surface area (Å²) < 4.78 is 17.6. The van der Waals surface area contributed by atoms with E-state index in [2.05, 4.69) is 28.2 Å². The van der Waals surface area contributed by atoms with Crippen LogP contribution >= 0.6 is 0 Å². The first-order chi connectivity index (χ1) is 19.6. The van der Waals surface area contributed by atoms with Gasteiger partial charge in [0.1, 0.15) is 41.3 Å². The maximum Gasteiger partial charge on any atom is 0.254 e. The standard InChI is InChI=1S/C31H53N4O6/c1-32(18-15-27-23-36-27)39-35(26-9-7-6-8-10-26,40-33(2,3)19-16-24-11-13-28-30(21-24)37-28)41-34(4,5)20-17-25-12-14-29-31(22-25)38-29/h6-10,24-25,27-31H,11-23H2,1-5H3/q+3. The van der Waals surface area contributed by atoms with Crippen molar-refractivity contribution >= 4 is 5.69 Å². The van der Waals surface area contributed by atoms with Crippen molar-refractivity contribution in [2.45, 2.75) is 88.3 Å². The lowest BCUT2D eigenvalue weighted by Gasteiger charge is -2.37. The summed E-state index contributed by atoms with van der Waals surface area (Å²) in [4.78, 5) is 20.1. The number of rotatable bonds is 16. The smallest absolute Gasteiger partial charge is 0.254 e. The minimum absolute atomic E-state index is 0.295. The van der Waals surface area contributed by atoms with E-state index in [-0.39, 0.29) is 0 Å². The first kappa shape index (κ1) is 29.9. The molecule has 0 radical (unpaired) electrons. The van der Waals surface area contributed by atoms with Crippen molar-refractivity contribution in [3.63, 3.8) is 0 Å². The van der Waals surface area contributed by atoms with Crippen molar-refractivity contribution < 1.29 is 38.3 Å². The van der Waals surface area contributed by atoms with Gasteiger partial charge in [-0.2, -0.15) is 0 Å². The first-order valence-electron chi connectivity index (χ1n) is 15.9. The molecule has 2 aliphatic carbocycles. The molecule has 2 saturated carbocycles. The van der Waals surface area contributed by atoms with Gasteiger partial charge in [-0.15, -0.1) is 14.4 Å². The molecule has 7 atom stereocenters. The molecule has 230 valence electrons. The molecule has 41 heavy (non-hydrogen) atoms. The van der Waals surface area contributed by atoms with Gasteiger partial charge in [-0.3, -0.25) is 0 Å². The second-order valence-corrected chi connectivity index (χ2v) is 14.1. The number of ether oxygens (including phenoxy) is 3. The van der Waals surface area contributed by atoms with Crippen molar-refractivity contribution in [3.05, 3.63) is 30.3 Å². The third-order valence-corrected chi connectivity index (χ3v) is 9.52. The van der Waals surface area contributed by atoms with Crippen LogP contribution in [0.1, 0.15) is 57.8 Å². The van der Waals surface area contributed by atoms with Gasteiger partial charge in [-0.05, 0) is 61.7 Å². The van der Waals surface area contributed by atoms with Gasteiger partial charge in [-0.1, -0.05) is 18.2 Å². The highest BCUT2D eigenvalue weighted by atomic mass is 17.3. The van der Waals surface area contributed by atoms with E-state index in [4.69, 9.17) is 29.0 Å². The van der Waals surface area contributed by atoms with Crippen LogP contribution in [-0.2, 0) is 29.0 Å². The first-order valence-corrected chi connectivity index (χ1v) is 15.9. The topological polar surface area (TPSA) is 68.5 Å². The highest BCUT2D eigenvalue weighted by Crippen LogP contribution is 2.42. The quantitative estimate of drug-likeness (QED) is 0.165. The van der Waals surface area contributed by atoms with Crippen LogP contribution in [0.25, 0.3) is 0 Å². The van der Waals surface area contributed by atoms with Gasteiger partial charge in [0.25, 0.3) is 10.7 Å². The fourth-order valence-electron chi connectivity index (χ4n) is 6.73. The Morgan fingerprint density at radius 1 is 0.756 bits per heavy atom. The molecule has 0 spiro atoms. The Kier molecular flexibility index (Phi) is 8.80. The molecule has 0 amide bonds. The average Bonchev–Trinajstić information content (AvgIpc) is 3.80. The minimum atomic E-state index is -0.514. The molecule has 3 heterocycles. The predicted molar refractivity (Wildman–Crippen MR) is 154 cm³/mol. The van der Waals surface area contributed by atoms with Gasteiger partial charge in [0.05, 0.1) is 47.0 Å². The second kappa shape index (κ2) is 12.1.